The monoisotopic (exact) mass is 666 g/mol. The van der Waals surface area contributed by atoms with Gasteiger partial charge in [-0.05, 0) is 55.7 Å². The van der Waals surface area contributed by atoms with Crippen LogP contribution in [-0.4, -0.2) is 78.9 Å². The molecule has 264 valence electrons. The molecule has 10 nitrogen and oxygen atoms in total. The Bertz CT molecular complexity index is 1300. The fraction of sp³-hybridized carbons (Fsp3) is 0.658. The molecule has 5 rings (SSSR count). The average Bonchev–Trinajstić information content (AvgIpc) is 3.77. The highest BCUT2D eigenvalue weighted by atomic mass is 16.8. The zero-order valence-corrected chi connectivity index (χ0v) is 28.6. The van der Waals surface area contributed by atoms with Gasteiger partial charge in [0.25, 0.3) is 0 Å². The summed E-state index contributed by atoms with van der Waals surface area (Å²) in [6.07, 6.45) is 16.1. The Hall–Kier alpha value is -3.05. The van der Waals surface area contributed by atoms with E-state index in [4.69, 9.17) is 24.1 Å². The standard InChI is InChI=1S/C38H54N2O8/c1-3-5-9-18-38(19-10-6-4-2)47-33-25-28(36(43)40-20-17-34(42)39-21-22-41)24-32(35(33)48-38)46-37(44)29-12-8-7-11-27(29)15-13-26-14-16-30-31(23-26)45-30/h7-8,11-13,15,25-26,30-33,35,41H,3-6,9-10,14,16-24H2,1-2H3,(H,39,42)(H,40,43). The van der Waals surface area contributed by atoms with Crippen LogP contribution in [0.15, 0.2) is 42.0 Å². The molecule has 2 aliphatic heterocycles. The summed E-state index contributed by atoms with van der Waals surface area (Å²) in [5.41, 5.74) is 1.70. The molecule has 6 unspecified atom stereocenters. The largest absolute Gasteiger partial charge is 0.456 e. The fourth-order valence-electron chi connectivity index (χ4n) is 7.17. The van der Waals surface area contributed by atoms with Gasteiger partial charge in [0, 0.05) is 44.3 Å². The molecule has 2 heterocycles. The number of hydrogen-bond donors (Lipinski definition) is 3. The van der Waals surface area contributed by atoms with E-state index in [1.807, 2.05) is 30.4 Å². The number of esters is 1. The van der Waals surface area contributed by atoms with Crippen molar-refractivity contribution in [2.45, 2.75) is 134 Å². The number of epoxide rings is 1. The van der Waals surface area contributed by atoms with E-state index in [1.54, 1.807) is 6.07 Å². The van der Waals surface area contributed by atoms with Gasteiger partial charge in [0.05, 0.1) is 24.4 Å². The number of amides is 2. The van der Waals surface area contributed by atoms with Gasteiger partial charge in [0.1, 0.15) is 18.3 Å². The zero-order chi connectivity index (χ0) is 33.9. The Morgan fingerprint density at radius 1 is 0.979 bits per heavy atom. The van der Waals surface area contributed by atoms with E-state index in [1.165, 1.54) is 0 Å². The quantitative estimate of drug-likeness (QED) is 0.108. The lowest BCUT2D eigenvalue weighted by Crippen LogP contribution is -2.44. The number of aliphatic hydroxyl groups excluding tert-OH is 1. The molecule has 1 aromatic carbocycles. The third-order valence-electron chi connectivity index (χ3n) is 9.90. The molecule has 3 fully saturated rings. The summed E-state index contributed by atoms with van der Waals surface area (Å²) in [7, 11) is 0. The molecule has 4 aliphatic rings. The third kappa shape index (κ3) is 9.77. The van der Waals surface area contributed by atoms with Crippen molar-refractivity contribution in [1.29, 1.82) is 0 Å². The van der Waals surface area contributed by atoms with Crippen LogP contribution in [0.1, 0.15) is 113 Å². The van der Waals surface area contributed by atoms with Crippen LogP contribution >= 0.6 is 0 Å². The second-order valence-corrected chi connectivity index (χ2v) is 13.6. The number of carbonyl (C=O) groups is 3. The molecule has 1 aromatic rings. The van der Waals surface area contributed by atoms with Crippen molar-refractivity contribution in [3.63, 3.8) is 0 Å². The van der Waals surface area contributed by atoms with Crippen molar-refractivity contribution < 1.29 is 38.4 Å². The predicted molar refractivity (Wildman–Crippen MR) is 182 cm³/mol. The van der Waals surface area contributed by atoms with E-state index < -0.39 is 30.1 Å². The van der Waals surface area contributed by atoms with E-state index in [-0.39, 0.29) is 44.4 Å². The van der Waals surface area contributed by atoms with Gasteiger partial charge in [-0.25, -0.2) is 4.79 Å². The SMILES string of the molecule is CCCCCC1(CCCCC)OC2C=C(C(=O)NCCC(=O)NCCO)CC(OC(=O)c3ccccc3C=CC3CCC4OC4C3)C2O1. The van der Waals surface area contributed by atoms with E-state index in [0.29, 0.717) is 29.3 Å². The molecule has 0 spiro atoms. The smallest absolute Gasteiger partial charge is 0.339 e. The first-order valence-electron chi connectivity index (χ1n) is 18.2. The van der Waals surface area contributed by atoms with E-state index in [9.17, 15) is 14.4 Å². The minimum absolute atomic E-state index is 0.0838. The van der Waals surface area contributed by atoms with Gasteiger partial charge in [-0.3, -0.25) is 9.59 Å². The number of benzene rings is 1. The van der Waals surface area contributed by atoms with Gasteiger partial charge < -0.3 is 34.7 Å². The van der Waals surface area contributed by atoms with E-state index in [2.05, 4.69) is 30.6 Å². The Kier molecular flexibility index (Phi) is 13.3. The van der Waals surface area contributed by atoms with Crippen molar-refractivity contribution in [1.82, 2.24) is 10.6 Å². The Labute approximate surface area is 285 Å². The summed E-state index contributed by atoms with van der Waals surface area (Å²) in [6.45, 7) is 4.48. The molecule has 1 saturated carbocycles. The van der Waals surface area contributed by atoms with Gasteiger partial charge in [-0.15, -0.1) is 0 Å². The van der Waals surface area contributed by atoms with Crippen molar-refractivity contribution >= 4 is 23.9 Å². The maximum absolute atomic E-state index is 13.9. The first kappa shape index (κ1) is 36.2. The van der Waals surface area contributed by atoms with Gasteiger partial charge >= 0.3 is 5.97 Å². The first-order chi connectivity index (χ1) is 23.3. The summed E-state index contributed by atoms with van der Waals surface area (Å²) in [5, 5.41) is 14.4. The summed E-state index contributed by atoms with van der Waals surface area (Å²) >= 11 is 0. The lowest BCUT2D eigenvalue weighted by molar-refractivity contribution is -0.190. The van der Waals surface area contributed by atoms with Gasteiger partial charge in [-0.2, -0.15) is 0 Å². The number of aliphatic hydroxyl groups is 1. The Balaban J connectivity index is 1.32. The maximum atomic E-state index is 13.9. The molecule has 48 heavy (non-hydrogen) atoms. The highest BCUT2D eigenvalue weighted by molar-refractivity contribution is 5.95. The molecule has 2 aliphatic carbocycles. The van der Waals surface area contributed by atoms with Gasteiger partial charge in [0.2, 0.25) is 11.8 Å². The van der Waals surface area contributed by atoms with Crippen LogP contribution in [0.25, 0.3) is 6.08 Å². The lowest BCUT2D eigenvalue weighted by Gasteiger charge is -2.31. The summed E-state index contributed by atoms with van der Waals surface area (Å²) in [4.78, 5) is 39.2. The first-order valence-corrected chi connectivity index (χ1v) is 18.2. The fourth-order valence-corrected chi connectivity index (χ4v) is 7.17. The molecular formula is C38H54N2O8. The van der Waals surface area contributed by atoms with Gasteiger partial charge in [-0.1, -0.05) is 69.9 Å². The molecule has 2 saturated heterocycles. The number of nitrogens with one attached hydrogen (secondary N) is 2. The number of fused-ring (bicyclic) bond motifs is 2. The highest BCUT2D eigenvalue weighted by Crippen LogP contribution is 2.43. The third-order valence-corrected chi connectivity index (χ3v) is 9.90. The maximum Gasteiger partial charge on any atom is 0.339 e. The topological polar surface area (TPSA) is 136 Å². The van der Waals surface area contributed by atoms with Crippen molar-refractivity contribution in [3.8, 4) is 0 Å². The van der Waals surface area contributed by atoms with Crippen molar-refractivity contribution in [2.75, 3.05) is 19.7 Å². The van der Waals surface area contributed by atoms with Gasteiger partial charge in [0.15, 0.2) is 5.79 Å². The number of unbranched alkanes of at least 4 members (excludes halogenated alkanes) is 4. The highest BCUT2D eigenvalue weighted by Gasteiger charge is 2.52. The van der Waals surface area contributed by atoms with Crippen LogP contribution < -0.4 is 10.6 Å². The minimum atomic E-state index is -0.803. The summed E-state index contributed by atoms with van der Waals surface area (Å²) in [5.74, 6) is -1.44. The molecule has 0 aromatic heterocycles. The summed E-state index contributed by atoms with van der Waals surface area (Å²) < 4.78 is 25.4. The van der Waals surface area contributed by atoms with Crippen molar-refractivity contribution in [2.24, 2.45) is 5.92 Å². The summed E-state index contributed by atoms with van der Waals surface area (Å²) in [6, 6.07) is 7.45. The molecule has 3 N–H and O–H groups in total. The molecular weight excluding hydrogens is 612 g/mol. The second kappa shape index (κ2) is 17.6. The number of hydrogen-bond acceptors (Lipinski definition) is 8. The zero-order valence-electron chi connectivity index (χ0n) is 28.6. The second-order valence-electron chi connectivity index (χ2n) is 13.6. The molecule has 10 heteroatoms. The number of allylic oxidation sites excluding steroid dienone is 1. The van der Waals surface area contributed by atoms with E-state index in [0.717, 1.165) is 76.2 Å². The number of carbonyl (C=O) groups excluding carboxylic acids is 3. The van der Waals surface area contributed by atoms with Crippen LogP contribution in [-0.2, 0) is 28.5 Å². The van der Waals surface area contributed by atoms with E-state index >= 15 is 0 Å². The lowest BCUT2D eigenvalue weighted by atomic mass is 9.88. The molecule has 2 amide bonds. The van der Waals surface area contributed by atoms with Crippen LogP contribution in [0.3, 0.4) is 0 Å². The average molecular weight is 667 g/mol. The van der Waals surface area contributed by atoms with Crippen LogP contribution in [0, 0.1) is 5.92 Å². The Morgan fingerprint density at radius 3 is 2.48 bits per heavy atom. The minimum Gasteiger partial charge on any atom is -0.456 e. The van der Waals surface area contributed by atoms with Crippen LogP contribution in [0.2, 0.25) is 0 Å². The van der Waals surface area contributed by atoms with Crippen LogP contribution in [0.4, 0.5) is 0 Å². The Morgan fingerprint density at radius 2 is 1.75 bits per heavy atom. The molecule has 6 atom stereocenters. The number of rotatable bonds is 18. The molecule has 0 bridgehead atoms. The predicted octanol–water partition coefficient (Wildman–Crippen LogP) is 5.38. The van der Waals surface area contributed by atoms with Crippen molar-refractivity contribution in [3.05, 3.63) is 53.1 Å². The van der Waals surface area contributed by atoms with Crippen LogP contribution in [0.5, 0.6) is 0 Å². The normalized spacial score (nSPS) is 27.1. The molecule has 0 radical (unpaired) electrons. The number of ether oxygens (including phenoxy) is 4.